The van der Waals surface area contributed by atoms with E-state index in [2.05, 4.69) is 10.3 Å². The van der Waals surface area contributed by atoms with E-state index >= 15 is 0 Å². The maximum Gasteiger partial charge on any atom is 0.335 e. The molecule has 142 valence electrons. The van der Waals surface area contributed by atoms with Crippen LogP contribution < -0.4 is 5.32 Å². The van der Waals surface area contributed by atoms with Gasteiger partial charge in [-0.05, 0) is 60.2 Å². The molecule has 0 aliphatic carbocycles. The van der Waals surface area contributed by atoms with Gasteiger partial charge in [-0.1, -0.05) is 12.1 Å². The third-order valence-electron chi connectivity index (χ3n) is 3.91. The van der Waals surface area contributed by atoms with Gasteiger partial charge in [-0.3, -0.25) is 4.79 Å². The molecule has 1 saturated heterocycles. The van der Waals surface area contributed by atoms with Gasteiger partial charge in [0.25, 0.3) is 5.91 Å². The van der Waals surface area contributed by atoms with E-state index in [1.807, 2.05) is 0 Å². The van der Waals surface area contributed by atoms with Gasteiger partial charge in [-0.25, -0.2) is 14.6 Å². The molecule has 28 heavy (non-hydrogen) atoms. The lowest BCUT2D eigenvalue weighted by atomic mass is 10.1. The zero-order valence-electron chi connectivity index (χ0n) is 14.5. The molecule has 1 fully saturated rings. The van der Waals surface area contributed by atoms with Gasteiger partial charge < -0.3 is 20.6 Å². The van der Waals surface area contributed by atoms with Gasteiger partial charge >= 0.3 is 11.9 Å². The number of aliphatic imine (C=N–C) groups is 1. The molecule has 0 spiro atoms. The Hall–Kier alpha value is -3.59. The van der Waals surface area contributed by atoms with Crippen LogP contribution in [0, 0.1) is 0 Å². The summed E-state index contributed by atoms with van der Waals surface area (Å²) in [5.74, 6) is -2.82. The van der Waals surface area contributed by atoms with Gasteiger partial charge in [-0.2, -0.15) is 0 Å². The van der Waals surface area contributed by atoms with E-state index in [-0.39, 0.29) is 33.6 Å². The Morgan fingerprint density at radius 3 is 2.07 bits per heavy atom. The largest absolute Gasteiger partial charge is 0.508 e. The number of hydrogen-bond donors (Lipinski definition) is 4. The summed E-state index contributed by atoms with van der Waals surface area (Å²) in [7, 11) is 0. The van der Waals surface area contributed by atoms with Gasteiger partial charge in [0.1, 0.15) is 5.75 Å². The number of amides is 1. The fourth-order valence-corrected chi connectivity index (χ4v) is 3.41. The molecule has 0 atom stereocenters. The van der Waals surface area contributed by atoms with Crippen molar-refractivity contribution in [3.63, 3.8) is 0 Å². The molecule has 9 heteroatoms. The molecule has 0 bridgehead atoms. The fraction of sp³-hybridized carbons (Fsp3) is 0.0526. The number of aromatic carboxylic acids is 2. The number of rotatable bonds is 4. The van der Waals surface area contributed by atoms with E-state index in [0.29, 0.717) is 10.5 Å². The number of thioether (sulfide) groups is 1. The first-order valence-electron chi connectivity index (χ1n) is 7.94. The van der Waals surface area contributed by atoms with Crippen LogP contribution in [0.1, 0.15) is 33.2 Å². The number of benzene rings is 2. The van der Waals surface area contributed by atoms with Gasteiger partial charge in [-0.15, -0.1) is 0 Å². The zero-order valence-corrected chi connectivity index (χ0v) is 15.3. The highest BCUT2D eigenvalue weighted by Gasteiger charge is 2.26. The molecule has 1 aliphatic heterocycles. The molecular weight excluding hydrogens is 384 g/mol. The van der Waals surface area contributed by atoms with E-state index < -0.39 is 11.9 Å². The predicted octanol–water partition coefficient (Wildman–Crippen LogP) is 3.07. The predicted molar refractivity (Wildman–Crippen MR) is 104 cm³/mol. The SMILES string of the molecule is C/C(=C1/SC(=Nc2cc(C(=O)O)cc(C(=O)O)c2)NC1=O)c1ccc(O)cc1. The number of carbonyl (C=O) groups excluding carboxylic acids is 1. The number of hydrogen-bond acceptors (Lipinski definition) is 6. The topological polar surface area (TPSA) is 136 Å². The first-order valence-corrected chi connectivity index (χ1v) is 8.76. The monoisotopic (exact) mass is 398 g/mol. The second-order valence-corrected chi connectivity index (χ2v) is 6.85. The number of aromatic hydroxyl groups is 1. The number of phenolic OH excluding ortho intramolecular Hbond substituents is 1. The Morgan fingerprint density at radius 2 is 1.54 bits per heavy atom. The third kappa shape index (κ3) is 4.04. The van der Waals surface area contributed by atoms with Crippen molar-refractivity contribution in [2.24, 2.45) is 4.99 Å². The molecule has 4 N–H and O–H groups in total. The van der Waals surface area contributed by atoms with E-state index in [9.17, 15) is 19.5 Å². The molecule has 0 saturated carbocycles. The second-order valence-electron chi connectivity index (χ2n) is 5.85. The summed E-state index contributed by atoms with van der Waals surface area (Å²) in [5.41, 5.74) is 1.09. The number of carboxylic acid groups (broad SMARTS) is 2. The summed E-state index contributed by atoms with van der Waals surface area (Å²) in [6.45, 7) is 1.75. The van der Waals surface area contributed by atoms with E-state index in [0.717, 1.165) is 23.4 Å². The summed E-state index contributed by atoms with van der Waals surface area (Å²) in [5, 5.41) is 30.4. The first-order chi connectivity index (χ1) is 13.2. The number of carboxylic acids is 2. The van der Waals surface area contributed by atoms with Crippen molar-refractivity contribution in [1.29, 1.82) is 0 Å². The quantitative estimate of drug-likeness (QED) is 0.581. The standard InChI is InChI=1S/C19H14N2O6S/c1-9(10-2-4-14(22)5-3-10)15-16(23)21-19(28-15)20-13-7-11(17(24)25)6-12(8-13)18(26)27/h2-8,22H,1H3,(H,24,25)(H,26,27)(H,20,21,23)/b15-9-. The van der Waals surface area contributed by atoms with Crippen LogP contribution in [0.5, 0.6) is 5.75 Å². The molecule has 0 radical (unpaired) electrons. The normalized spacial score (nSPS) is 16.8. The number of nitrogens with zero attached hydrogens (tertiary/aromatic N) is 1. The van der Waals surface area contributed by atoms with Crippen molar-refractivity contribution in [3.05, 3.63) is 64.1 Å². The highest BCUT2D eigenvalue weighted by Crippen LogP contribution is 2.33. The lowest BCUT2D eigenvalue weighted by Gasteiger charge is -2.04. The van der Waals surface area contributed by atoms with E-state index in [1.165, 1.54) is 24.3 Å². The van der Waals surface area contributed by atoms with Crippen molar-refractivity contribution < 1.29 is 29.7 Å². The molecule has 0 aromatic heterocycles. The van der Waals surface area contributed by atoms with E-state index in [1.54, 1.807) is 19.1 Å². The van der Waals surface area contributed by atoms with Crippen LogP contribution in [0.3, 0.4) is 0 Å². The molecule has 1 heterocycles. The van der Waals surface area contributed by atoms with Crippen molar-refractivity contribution >= 4 is 46.0 Å². The number of amidine groups is 1. The second kappa shape index (κ2) is 7.57. The Balaban J connectivity index is 1.96. The summed E-state index contributed by atoms with van der Waals surface area (Å²) < 4.78 is 0. The Kier molecular flexibility index (Phi) is 5.18. The minimum absolute atomic E-state index is 0.101. The van der Waals surface area contributed by atoms with Crippen LogP contribution in [0.25, 0.3) is 5.57 Å². The zero-order chi connectivity index (χ0) is 20.4. The van der Waals surface area contributed by atoms with Crippen molar-refractivity contribution in [3.8, 4) is 5.75 Å². The van der Waals surface area contributed by atoms with Crippen molar-refractivity contribution in [2.75, 3.05) is 0 Å². The molecule has 2 aromatic carbocycles. The molecule has 3 rings (SSSR count). The molecule has 1 amide bonds. The molecule has 8 nitrogen and oxygen atoms in total. The minimum Gasteiger partial charge on any atom is -0.508 e. The number of carbonyl (C=O) groups is 3. The molecule has 1 aliphatic rings. The van der Waals surface area contributed by atoms with Crippen molar-refractivity contribution in [1.82, 2.24) is 5.32 Å². The third-order valence-corrected chi connectivity index (χ3v) is 4.99. The van der Waals surface area contributed by atoms with Gasteiger partial charge in [0.05, 0.1) is 21.7 Å². The van der Waals surface area contributed by atoms with Crippen LogP contribution in [0.15, 0.2) is 52.4 Å². The van der Waals surface area contributed by atoms with Gasteiger partial charge in [0, 0.05) is 0 Å². The number of phenols is 1. The summed E-state index contributed by atoms with van der Waals surface area (Å²) in [6.07, 6.45) is 0. The average molecular weight is 398 g/mol. The lowest BCUT2D eigenvalue weighted by Crippen LogP contribution is -2.19. The summed E-state index contributed by atoms with van der Waals surface area (Å²) in [4.78, 5) is 39.3. The Labute approximate surface area is 163 Å². The number of nitrogens with one attached hydrogen (secondary N) is 1. The lowest BCUT2D eigenvalue weighted by molar-refractivity contribution is -0.115. The highest BCUT2D eigenvalue weighted by atomic mass is 32.2. The van der Waals surface area contributed by atoms with Crippen molar-refractivity contribution in [2.45, 2.75) is 6.92 Å². The maximum absolute atomic E-state index is 12.3. The Bertz CT molecular complexity index is 1020. The number of allylic oxidation sites excluding steroid dienone is 1. The smallest absolute Gasteiger partial charge is 0.335 e. The summed E-state index contributed by atoms with van der Waals surface area (Å²) >= 11 is 1.06. The molecular formula is C19H14N2O6S. The average Bonchev–Trinajstić information content (AvgIpc) is 3.01. The van der Waals surface area contributed by atoms with Crippen LogP contribution >= 0.6 is 11.8 Å². The first kappa shape index (κ1) is 19.2. The fourth-order valence-electron chi connectivity index (χ4n) is 2.50. The summed E-state index contributed by atoms with van der Waals surface area (Å²) in [6, 6.07) is 9.86. The minimum atomic E-state index is -1.28. The molecule has 2 aromatic rings. The van der Waals surface area contributed by atoms with Crippen LogP contribution in [-0.4, -0.2) is 38.3 Å². The molecule has 0 unspecified atom stereocenters. The van der Waals surface area contributed by atoms with Crippen LogP contribution in [0.4, 0.5) is 5.69 Å². The highest BCUT2D eigenvalue weighted by molar-refractivity contribution is 8.18. The van der Waals surface area contributed by atoms with Gasteiger partial charge in [0.2, 0.25) is 0 Å². The maximum atomic E-state index is 12.3. The Morgan fingerprint density at radius 1 is 0.964 bits per heavy atom. The van der Waals surface area contributed by atoms with Crippen LogP contribution in [0.2, 0.25) is 0 Å². The van der Waals surface area contributed by atoms with Gasteiger partial charge in [0.15, 0.2) is 5.17 Å². The van der Waals surface area contributed by atoms with E-state index in [4.69, 9.17) is 10.2 Å². The van der Waals surface area contributed by atoms with Crippen LogP contribution in [-0.2, 0) is 4.79 Å².